The minimum atomic E-state index is -4.76. The zero-order valence-corrected chi connectivity index (χ0v) is 14.2. The molecule has 0 atom stereocenters. The number of nitrogens with one attached hydrogen (secondary N) is 4. The molecule has 0 unspecified atom stereocenters. The number of anilines is 2. The molecule has 0 fully saturated rings. The summed E-state index contributed by atoms with van der Waals surface area (Å²) in [5, 5.41) is 13.2. The van der Waals surface area contributed by atoms with E-state index in [-0.39, 0.29) is 16.9 Å². The lowest BCUT2D eigenvalue weighted by Crippen LogP contribution is -2.33. The number of halogens is 4. The maximum Gasteiger partial charge on any atom is 0.417 e. The van der Waals surface area contributed by atoms with Crippen LogP contribution in [0.15, 0.2) is 36.4 Å². The zero-order chi connectivity index (χ0) is 20.9. The number of carbonyl (C=O) groups excluding carboxylic acids is 2. The van der Waals surface area contributed by atoms with E-state index in [0.29, 0.717) is 6.07 Å². The fourth-order valence-corrected chi connectivity index (χ4v) is 2.16. The fraction of sp³-hybridized carbons (Fsp3) is 0.118. The maximum atomic E-state index is 13.8. The van der Waals surface area contributed by atoms with E-state index in [1.54, 1.807) is 0 Å². The number of carbonyl (C=O) groups is 2. The summed E-state index contributed by atoms with van der Waals surface area (Å²) in [7, 11) is 1.34. The molecule has 0 aromatic heterocycles. The van der Waals surface area contributed by atoms with Crippen LogP contribution in [0.5, 0.6) is 0 Å². The van der Waals surface area contributed by atoms with Crippen LogP contribution in [0, 0.1) is 17.1 Å². The topological polar surface area (TPSA) is 106 Å². The van der Waals surface area contributed by atoms with Gasteiger partial charge in [-0.15, -0.1) is 0 Å². The van der Waals surface area contributed by atoms with Gasteiger partial charge in [-0.3, -0.25) is 15.6 Å². The Hall–Kier alpha value is -3.81. The molecule has 0 saturated heterocycles. The number of alkyl halides is 3. The second-order valence-electron chi connectivity index (χ2n) is 5.35. The molecule has 0 aliphatic rings. The minimum absolute atomic E-state index is 0.0936. The third-order valence-corrected chi connectivity index (χ3v) is 3.46. The highest BCUT2D eigenvalue weighted by Crippen LogP contribution is 2.33. The molecule has 0 radical (unpaired) electrons. The summed E-state index contributed by atoms with van der Waals surface area (Å²) in [5.74, 6) is -1.47. The van der Waals surface area contributed by atoms with Crippen molar-refractivity contribution in [2.24, 2.45) is 0 Å². The number of hydrogen-bond donors (Lipinski definition) is 4. The lowest BCUT2D eigenvalue weighted by molar-refractivity contribution is -0.137. The average molecular weight is 395 g/mol. The molecule has 4 N–H and O–H groups in total. The molecule has 0 bridgehead atoms. The lowest BCUT2D eigenvalue weighted by atomic mass is 10.1. The van der Waals surface area contributed by atoms with E-state index in [1.165, 1.54) is 25.2 Å². The van der Waals surface area contributed by atoms with Crippen LogP contribution >= 0.6 is 0 Å². The van der Waals surface area contributed by atoms with Crippen molar-refractivity contribution in [1.29, 1.82) is 5.26 Å². The van der Waals surface area contributed by atoms with E-state index in [2.05, 4.69) is 21.5 Å². The number of hydrazine groups is 1. The fourth-order valence-electron chi connectivity index (χ4n) is 2.16. The normalized spacial score (nSPS) is 10.6. The number of rotatable bonds is 4. The number of benzene rings is 2. The van der Waals surface area contributed by atoms with Gasteiger partial charge in [0.05, 0.1) is 28.4 Å². The van der Waals surface area contributed by atoms with Gasteiger partial charge >= 0.3 is 12.2 Å². The van der Waals surface area contributed by atoms with E-state index in [0.717, 1.165) is 18.2 Å². The first-order chi connectivity index (χ1) is 13.2. The molecule has 28 heavy (non-hydrogen) atoms. The van der Waals surface area contributed by atoms with Gasteiger partial charge in [-0.25, -0.2) is 9.18 Å². The summed E-state index contributed by atoms with van der Waals surface area (Å²) in [6, 6.07) is 6.63. The molecular formula is C17H13F4N5O2. The van der Waals surface area contributed by atoms with Crippen LogP contribution in [0.2, 0.25) is 0 Å². The van der Waals surface area contributed by atoms with Gasteiger partial charge in [0.15, 0.2) is 0 Å². The van der Waals surface area contributed by atoms with E-state index < -0.39 is 35.1 Å². The van der Waals surface area contributed by atoms with Crippen molar-refractivity contribution in [3.05, 3.63) is 58.9 Å². The summed E-state index contributed by atoms with van der Waals surface area (Å²) < 4.78 is 52.6. The molecule has 0 aliphatic carbocycles. The SMILES string of the molecule is CNC(=O)c1ccc(NNC(=O)Nc2ccc(C#N)c(C(F)(F)F)c2)cc1F. The van der Waals surface area contributed by atoms with E-state index in [4.69, 9.17) is 5.26 Å². The highest BCUT2D eigenvalue weighted by Gasteiger charge is 2.34. The monoisotopic (exact) mass is 395 g/mol. The minimum Gasteiger partial charge on any atom is -0.355 e. The number of nitrogens with zero attached hydrogens (tertiary/aromatic N) is 1. The Kier molecular flexibility index (Phi) is 6.04. The molecule has 0 saturated carbocycles. The molecule has 2 rings (SSSR count). The number of hydrogen-bond acceptors (Lipinski definition) is 4. The van der Waals surface area contributed by atoms with Crippen molar-refractivity contribution in [2.75, 3.05) is 17.8 Å². The molecule has 11 heteroatoms. The predicted octanol–water partition coefficient (Wildman–Crippen LogP) is 3.22. The summed E-state index contributed by atoms with van der Waals surface area (Å²) in [6.45, 7) is 0. The molecular weight excluding hydrogens is 382 g/mol. The molecule has 7 nitrogen and oxygen atoms in total. The molecule has 2 aromatic carbocycles. The predicted molar refractivity (Wildman–Crippen MR) is 91.7 cm³/mol. The van der Waals surface area contributed by atoms with Crippen molar-refractivity contribution in [3.8, 4) is 6.07 Å². The lowest BCUT2D eigenvalue weighted by Gasteiger charge is -2.13. The summed E-state index contributed by atoms with van der Waals surface area (Å²) in [5.41, 5.74) is 2.38. The van der Waals surface area contributed by atoms with E-state index in [1.807, 2.05) is 0 Å². The standard InChI is InChI=1S/C17H13F4N5O2/c1-23-15(27)12-5-4-11(7-14(12)18)25-26-16(28)24-10-3-2-9(8-22)13(6-10)17(19,20)21/h2-7,25H,1H3,(H,23,27)(H2,24,26,28). The number of amides is 3. The quantitative estimate of drug-likeness (QED) is 0.471. The van der Waals surface area contributed by atoms with Crippen molar-refractivity contribution < 1.29 is 27.2 Å². The first kappa shape index (κ1) is 20.5. The molecule has 0 heterocycles. The van der Waals surface area contributed by atoms with Crippen LogP contribution in [0.3, 0.4) is 0 Å². The molecule has 3 amide bonds. The number of urea groups is 1. The number of nitriles is 1. The zero-order valence-electron chi connectivity index (χ0n) is 14.2. The van der Waals surface area contributed by atoms with Gasteiger partial charge in [-0.05, 0) is 36.4 Å². The van der Waals surface area contributed by atoms with Crippen LogP contribution in [-0.4, -0.2) is 19.0 Å². The van der Waals surface area contributed by atoms with Crippen LogP contribution < -0.4 is 21.5 Å². The van der Waals surface area contributed by atoms with Gasteiger partial charge < -0.3 is 10.6 Å². The van der Waals surface area contributed by atoms with Gasteiger partial charge in [0.1, 0.15) is 5.82 Å². The Bertz CT molecular complexity index is 954. The van der Waals surface area contributed by atoms with Crippen LogP contribution in [0.4, 0.5) is 33.7 Å². The second kappa shape index (κ2) is 8.26. The van der Waals surface area contributed by atoms with Crippen molar-refractivity contribution >= 4 is 23.3 Å². The Labute approximate surface area is 156 Å². The highest BCUT2D eigenvalue weighted by molar-refractivity contribution is 5.94. The third kappa shape index (κ3) is 4.88. The maximum absolute atomic E-state index is 13.8. The molecule has 0 spiro atoms. The summed E-state index contributed by atoms with van der Waals surface area (Å²) in [4.78, 5) is 23.2. The Morgan fingerprint density at radius 3 is 2.32 bits per heavy atom. The van der Waals surface area contributed by atoms with Gasteiger partial charge in [-0.1, -0.05) is 0 Å². The van der Waals surface area contributed by atoms with Crippen LogP contribution in [0.1, 0.15) is 21.5 Å². The molecule has 2 aromatic rings. The van der Waals surface area contributed by atoms with E-state index in [9.17, 15) is 27.2 Å². The van der Waals surface area contributed by atoms with Crippen molar-refractivity contribution in [2.45, 2.75) is 6.18 Å². The Balaban J connectivity index is 2.04. The highest BCUT2D eigenvalue weighted by atomic mass is 19.4. The van der Waals surface area contributed by atoms with Gasteiger partial charge in [0.25, 0.3) is 5.91 Å². The van der Waals surface area contributed by atoms with Crippen molar-refractivity contribution in [1.82, 2.24) is 10.7 Å². The van der Waals surface area contributed by atoms with Crippen molar-refractivity contribution in [3.63, 3.8) is 0 Å². The first-order valence-electron chi connectivity index (χ1n) is 7.61. The first-order valence-corrected chi connectivity index (χ1v) is 7.61. The third-order valence-electron chi connectivity index (χ3n) is 3.46. The van der Waals surface area contributed by atoms with Gasteiger partial charge in [0, 0.05) is 12.7 Å². The second-order valence-corrected chi connectivity index (χ2v) is 5.35. The van der Waals surface area contributed by atoms with Crippen LogP contribution in [0.25, 0.3) is 0 Å². The summed E-state index contributed by atoms with van der Waals surface area (Å²) in [6.07, 6.45) is -4.76. The average Bonchev–Trinajstić information content (AvgIpc) is 2.65. The van der Waals surface area contributed by atoms with Gasteiger partial charge in [0.2, 0.25) is 0 Å². The van der Waals surface area contributed by atoms with E-state index >= 15 is 0 Å². The van der Waals surface area contributed by atoms with Gasteiger partial charge in [-0.2, -0.15) is 18.4 Å². The molecule has 146 valence electrons. The molecule has 0 aliphatic heterocycles. The largest absolute Gasteiger partial charge is 0.417 e. The summed E-state index contributed by atoms with van der Waals surface area (Å²) >= 11 is 0. The van der Waals surface area contributed by atoms with Crippen LogP contribution in [-0.2, 0) is 6.18 Å². The Morgan fingerprint density at radius 1 is 1.07 bits per heavy atom. The Morgan fingerprint density at radius 2 is 1.75 bits per heavy atom. The smallest absolute Gasteiger partial charge is 0.355 e.